The molecule has 0 unspecified atom stereocenters. The summed E-state index contributed by atoms with van der Waals surface area (Å²) in [5, 5.41) is 3.93. The van der Waals surface area contributed by atoms with Crippen molar-refractivity contribution in [1.29, 1.82) is 0 Å². The lowest BCUT2D eigenvalue weighted by atomic mass is 10.1. The summed E-state index contributed by atoms with van der Waals surface area (Å²) in [6.07, 6.45) is 2.00. The number of hydrazone groups is 1. The van der Waals surface area contributed by atoms with Crippen LogP contribution in [0, 0.1) is 6.92 Å². The van der Waals surface area contributed by atoms with Gasteiger partial charge in [0.1, 0.15) is 6.54 Å². The number of amides is 1. The van der Waals surface area contributed by atoms with Gasteiger partial charge < -0.3 is 4.74 Å². The van der Waals surface area contributed by atoms with Crippen LogP contribution in [-0.4, -0.2) is 40.2 Å². The van der Waals surface area contributed by atoms with Crippen molar-refractivity contribution < 1.29 is 22.7 Å². The van der Waals surface area contributed by atoms with Crippen molar-refractivity contribution in [1.82, 2.24) is 5.43 Å². The maximum atomic E-state index is 13.5. The third kappa shape index (κ3) is 6.33. The molecule has 0 aliphatic heterocycles. The van der Waals surface area contributed by atoms with Crippen LogP contribution in [0.3, 0.4) is 0 Å². The minimum absolute atomic E-state index is 0.0935. The molecule has 3 aromatic rings. The molecule has 3 aromatic carbocycles. The molecule has 0 aliphatic carbocycles. The van der Waals surface area contributed by atoms with Gasteiger partial charge in [0.05, 0.1) is 29.5 Å². The fourth-order valence-electron chi connectivity index (χ4n) is 3.36. The highest BCUT2D eigenvalue weighted by atomic mass is 32.2. The molecule has 1 amide bonds. The van der Waals surface area contributed by atoms with Crippen molar-refractivity contribution in [3.63, 3.8) is 0 Å². The first kappa shape index (κ1) is 25.6. The van der Waals surface area contributed by atoms with E-state index in [4.69, 9.17) is 0 Å². The SMILES string of the molecule is CCc1ccccc1N(CC(=O)N/N=C\c1ccc(C(=O)OC)cc1)S(=O)(=O)c1ccc(C)cc1. The van der Waals surface area contributed by atoms with E-state index in [0.717, 1.165) is 15.4 Å². The number of carbonyl (C=O) groups is 2. The van der Waals surface area contributed by atoms with Crippen molar-refractivity contribution in [2.45, 2.75) is 25.2 Å². The van der Waals surface area contributed by atoms with E-state index in [-0.39, 0.29) is 4.90 Å². The highest BCUT2D eigenvalue weighted by molar-refractivity contribution is 7.92. The summed E-state index contributed by atoms with van der Waals surface area (Å²) in [6.45, 7) is 3.34. The normalized spacial score (nSPS) is 11.3. The third-order valence-corrected chi connectivity index (χ3v) is 7.05. The Labute approximate surface area is 205 Å². The van der Waals surface area contributed by atoms with E-state index in [9.17, 15) is 18.0 Å². The molecule has 35 heavy (non-hydrogen) atoms. The fourth-order valence-corrected chi connectivity index (χ4v) is 4.82. The molecule has 0 fully saturated rings. The number of benzene rings is 3. The first-order valence-electron chi connectivity index (χ1n) is 10.9. The molecule has 0 aliphatic rings. The molecule has 0 bridgehead atoms. The van der Waals surface area contributed by atoms with Crippen LogP contribution in [0.1, 0.15) is 34.0 Å². The number of hydrogen-bond acceptors (Lipinski definition) is 6. The summed E-state index contributed by atoms with van der Waals surface area (Å²) in [6, 6.07) is 20.0. The zero-order chi connectivity index (χ0) is 25.4. The van der Waals surface area contributed by atoms with E-state index < -0.39 is 28.4 Å². The molecule has 0 radical (unpaired) electrons. The zero-order valence-corrected chi connectivity index (χ0v) is 20.6. The minimum atomic E-state index is -4.01. The minimum Gasteiger partial charge on any atom is -0.465 e. The smallest absolute Gasteiger partial charge is 0.337 e. The summed E-state index contributed by atoms with van der Waals surface area (Å²) < 4.78 is 32.8. The van der Waals surface area contributed by atoms with Crippen molar-refractivity contribution in [3.05, 3.63) is 95.1 Å². The van der Waals surface area contributed by atoms with Crippen molar-refractivity contribution in [2.75, 3.05) is 18.0 Å². The summed E-state index contributed by atoms with van der Waals surface area (Å²) >= 11 is 0. The molecule has 0 aromatic heterocycles. The Bertz CT molecular complexity index is 1320. The second kappa shape index (κ2) is 11.4. The summed E-state index contributed by atoms with van der Waals surface area (Å²) in [5.41, 5.74) is 5.57. The monoisotopic (exact) mass is 493 g/mol. The Morgan fingerprint density at radius 3 is 2.29 bits per heavy atom. The van der Waals surface area contributed by atoms with Gasteiger partial charge in [-0.05, 0) is 54.8 Å². The highest BCUT2D eigenvalue weighted by Crippen LogP contribution is 2.27. The first-order chi connectivity index (χ1) is 16.8. The van der Waals surface area contributed by atoms with Crippen LogP contribution in [0.25, 0.3) is 0 Å². The van der Waals surface area contributed by atoms with E-state index in [1.807, 2.05) is 26.0 Å². The Kier molecular flexibility index (Phi) is 8.38. The lowest BCUT2D eigenvalue weighted by molar-refractivity contribution is -0.119. The summed E-state index contributed by atoms with van der Waals surface area (Å²) in [4.78, 5) is 24.4. The van der Waals surface area contributed by atoms with Gasteiger partial charge >= 0.3 is 5.97 Å². The second-order valence-corrected chi connectivity index (χ2v) is 9.58. The molecule has 0 spiro atoms. The second-order valence-electron chi connectivity index (χ2n) is 7.71. The Hall–Kier alpha value is -3.98. The van der Waals surface area contributed by atoms with Gasteiger partial charge in [0, 0.05) is 0 Å². The Morgan fingerprint density at radius 1 is 1.00 bits per heavy atom. The average Bonchev–Trinajstić information content (AvgIpc) is 2.87. The molecule has 0 heterocycles. The standard InChI is InChI=1S/C26H27N3O5S/c1-4-21-7-5-6-8-24(21)29(35(32,33)23-15-9-19(2)10-16-23)18-25(30)28-27-17-20-11-13-22(14-12-20)26(31)34-3/h5-17H,4,18H2,1-3H3,(H,28,30)/b27-17-. The number of ether oxygens (including phenoxy) is 1. The van der Waals surface area contributed by atoms with Gasteiger partial charge in [-0.3, -0.25) is 9.10 Å². The fraction of sp³-hybridized carbons (Fsp3) is 0.192. The van der Waals surface area contributed by atoms with Crippen molar-refractivity contribution in [2.24, 2.45) is 5.10 Å². The first-order valence-corrected chi connectivity index (χ1v) is 12.4. The number of hydrogen-bond donors (Lipinski definition) is 1. The van der Waals surface area contributed by atoms with Gasteiger partial charge in [-0.1, -0.05) is 55.0 Å². The van der Waals surface area contributed by atoms with Gasteiger partial charge in [0.2, 0.25) is 0 Å². The largest absolute Gasteiger partial charge is 0.465 e. The number of para-hydroxylation sites is 1. The Morgan fingerprint density at radius 2 is 1.66 bits per heavy atom. The maximum absolute atomic E-state index is 13.5. The van der Waals surface area contributed by atoms with Gasteiger partial charge in [-0.25, -0.2) is 18.6 Å². The number of methoxy groups -OCH3 is 1. The predicted octanol–water partition coefficient (Wildman–Crippen LogP) is 3.69. The molecule has 0 saturated carbocycles. The lowest BCUT2D eigenvalue weighted by Crippen LogP contribution is -2.40. The van der Waals surface area contributed by atoms with Crippen LogP contribution >= 0.6 is 0 Å². The molecule has 0 saturated heterocycles. The number of aryl methyl sites for hydroxylation is 2. The number of anilines is 1. The van der Waals surface area contributed by atoms with E-state index in [2.05, 4.69) is 15.3 Å². The molecular formula is C26H27N3O5S. The van der Waals surface area contributed by atoms with Crippen LogP contribution in [0.5, 0.6) is 0 Å². The molecule has 9 heteroatoms. The van der Waals surface area contributed by atoms with Gasteiger partial charge in [-0.15, -0.1) is 0 Å². The number of rotatable bonds is 9. The molecule has 0 atom stereocenters. The third-order valence-electron chi connectivity index (χ3n) is 5.27. The number of nitrogens with zero attached hydrogens (tertiary/aromatic N) is 2. The average molecular weight is 494 g/mol. The molecular weight excluding hydrogens is 466 g/mol. The van der Waals surface area contributed by atoms with Crippen LogP contribution in [0.15, 0.2) is 82.8 Å². The molecule has 1 N–H and O–H groups in total. The van der Waals surface area contributed by atoms with Crippen molar-refractivity contribution >= 4 is 33.8 Å². The lowest BCUT2D eigenvalue weighted by Gasteiger charge is -2.25. The number of esters is 1. The quantitative estimate of drug-likeness (QED) is 0.278. The topological polar surface area (TPSA) is 105 Å². The molecule has 3 rings (SSSR count). The van der Waals surface area contributed by atoms with Crippen molar-refractivity contribution in [3.8, 4) is 0 Å². The van der Waals surface area contributed by atoms with Crippen LogP contribution in [-0.2, 0) is 26.0 Å². The van der Waals surface area contributed by atoms with Gasteiger partial charge in [0.25, 0.3) is 15.9 Å². The molecule has 182 valence electrons. The highest BCUT2D eigenvalue weighted by Gasteiger charge is 2.28. The number of nitrogens with one attached hydrogen (secondary N) is 1. The summed E-state index contributed by atoms with van der Waals surface area (Å²) in [5.74, 6) is -1.06. The van der Waals surface area contributed by atoms with Gasteiger partial charge in [0.15, 0.2) is 0 Å². The van der Waals surface area contributed by atoms with E-state index in [0.29, 0.717) is 23.2 Å². The van der Waals surface area contributed by atoms with E-state index in [1.54, 1.807) is 48.5 Å². The van der Waals surface area contributed by atoms with E-state index >= 15 is 0 Å². The van der Waals surface area contributed by atoms with Crippen LogP contribution in [0.4, 0.5) is 5.69 Å². The van der Waals surface area contributed by atoms with E-state index in [1.165, 1.54) is 25.5 Å². The number of carbonyl (C=O) groups excluding carboxylic acids is 2. The van der Waals surface area contributed by atoms with Crippen LogP contribution in [0.2, 0.25) is 0 Å². The number of sulfonamides is 1. The summed E-state index contributed by atoms with van der Waals surface area (Å²) in [7, 11) is -2.71. The zero-order valence-electron chi connectivity index (χ0n) is 19.8. The van der Waals surface area contributed by atoms with Gasteiger partial charge in [-0.2, -0.15) is 5.10 Å². The predicted molar refractivity (Wildman–Crippen MR) is 135 cm³/mol. The maximum Gasteiger partial charge on any atom is 0.337 e. The van der Waals surface area contributed by atoms with Crippen LogP contribution < -0.4 is 9.73 Å². The molecule has 8 nitrogen and oxygen atoms in total. The Balaban J connectivity index is 1.82.